The second-order valence-electron chi connectivity index (χ2n) is 3.56. The van der Waals surface area contributed by atoms with Crippen LogP contribution in [0.4, 0.5) is 0 Å². The van der Waals surface area contributed by atoms with Crippen molar-refractivity contribution in [2.45, 2.75) is 19.3 Å². The van der Waals surface area contributed by atoms with E-state index in [9.17, 15) is 4.79 Å². The Kier molecular flexibility index (Phi) is 4.28. The molecule has 0 aliphatic rings. The first-order valence-electron chi connectivity index (χ1n) is 5.30. The molecule has 0 saturated heterocycles. The monoisotopic (exact) mass is 267 g/mol. The Hall–Kier alpha value is -1.20. The largest absolute Gasteiger partial charge is 0.469 e. The number of nitrogens with zero attached hydrogens (tertiary/aromatic N) is 1. The number of hydrogen-bond donors (Lipinski definition) is 0. The highest BCUT2D eigenvalue weighted by atomic mass is 32.1. The van der Waals surface area contributed by atoms with Crippen molar-refractivity contribution in [3.8, 4) is 0 Å². The fraction of sp³-hybridized carbons (Fsp3) is 0.333. The highest BCUT2D eigenvalue weighted by Crippen LogP contribution is 2.18. The molecule has 0 aliphatic carbocycles. The van der Waals surface area contributed by atoms with Crippen molar-refractivity contribution in [3.63, 3.8) is 0 Å². The van der Waals surface area contributed by atoms with E-state index in [-0.39, 0.29) is 5.97 Å². The molecule has 0 aromatic carbocycles. The van der Waals surface area contributed by atoms with Crippen LogP contribution >= 0.6 is 22.7 Å². The SMILES string of the molecule is COC(=O)CCc1csc(Cc2cccs2)n1. The van der Waals surface area contributed by atoms with Gasteiger partial charge in [0.1, 0.15) is 0 Å². The van der Waals surface area contributed by atoms with Crippen LogP contribution in [-0.4, -0.2) is 18.1 Å². The number of carbonyl (C=O) groups excluding carboxylic acids is 1. The third kappa shape index (κ3) is 3.64. The predicted octanol–water partition coefficient (Wildman–Crippen LogP) is 2.90. The summed E-state index contributed by atoms with van der Waals surface area (Å²) in [7, 11) is 1.41. The lowest BCUT2D eigenvalue weighted by atomic mass is 10.2. The van der Waals surface area contributed by atoms with Gasteiger partial charge in [0.05, 0.1) is 24.2 Å². The van der Waals surface area contributed by atoms with Crippen LogP contribution in [0.3, 0.4) is 0 Å². The fourth-order valence-corrected chi connectivity index (χ4v) is 3.09. The highest BCUT2D eigenvalue weighted by Gasteiger charge is 2.06. The van der Waals surface area contributed by atoms with Gasteiger partial charge in [-0.3, -0.25) is 4.79 Å². The second-order valence-corrected chi connectivity index (χ2v) is 5.54. The molecule has 0 fully saturated rings. The molecule has 2 rings (SSSR count). The first-order valence-corrected chi connectivity index (χ1v) is 7.06. The van der Waals surface area contributed by atoms with Crippen LogP contribution < -0.4 is 0 Å². The van der Waals surface area contributed by atoms with Gasteiger partial charge >= 0.3 is 5.97 Å². The minimum absolute atomic E-state index is 0.183. The number of esters is 1. The molecule has 0 amide bonds. The van der Waals surface area contributed by atoms with Gasteiger partial charge in [-0.05, 0) is 11.4 Å². The predicted molar refractivity (Wildman–Crippen MR) is 69.6 cm³/mol. The van der Waals surface area contributed by atoms with E-state index < -0.39 is 0 Å². The number of thiophene rings is 1. The lowest BCUT2D eigenvalue weighted by molar-refractivity contribution is -0.140. The molecule has 0 unspecified atom stereocenters. The first kappa shape index (κ1) is 12.3. The minimum atomic E-state index is -0.183. The molecule has 0 saturated carbocycles. The Morgan fingerprint density at radius 3 is 3.06 bits per heavy atom. The Bertz CT molecular complexity index is 476. The van der Waals surface area contributed by atoms with Crippen LogP contribution in [0, 0.1) is 0 Å². The summed E-state index contributed by atoms with van der Waals surface area (Å²) in [5.41, 5.74) is 0.979. The molecule has 0 spiro atoms. The van der Waals surface area contributed by atoms with E-state index in [1.807, 2.05) is 11.4 Å². The molecule has 2 heterocycles. The van der Waals surface area contributed by atoms with Crippen LogP contribution in [0.2, 0.25) is 0 Å². The van der Waals surface area contributed by atoms with Crippen LogP contribution in [-0.2, 0) is 22.4 Å². The molecule has 3 nitrogen and oxygen atoms in total. The van der Waals surface area contributed by atoms with Gasteiger partial charge < -0.3 is 4.74 Å². The molecular weight excluding hydrogens is 254 g/mol. The van der Waals surface area contributed by atoms with Crippen LogP contribution in [0.1, 0.15) is 22.0 Å². The van der Waals surface area contributed by atoms with Crippen molar-refractivity contribution < 1.29 is 9.53 Å². The fourth-order valence-electron chi connectivity index (χ4n) is 1.44. The zero-order valence-corrected chi connectivity index (χ0v) is 11.1. The standard InChI is InChI=1S/C12H13NO2S2/c1-15-12(14)5-4-9-8-17-11(13-9)7-10-3-2-6-16-10/h2-3,6,8H,4-5,7H2,1H3. The molecule has 0 aliphatic heterocycles. The van der Waals surface area contributed by atoms with E-state index in [0.29, 0.717) is 12.8 Å². The van der Waals surface area contributed by atoms with E-state index in [1.165, 1.54) is 12.0 Å². The number of thiazole rings is 1. The molecule has 0 atom stereocenters. The Morgan fingerprint density at radius 1 is 1.47 bits per heavy atom. The van der Waals surface area contributed by atoms with E-state index >= 15 is 0 Å². The van der Waals surface area contributed by atoms with Gasteiger partial charge in [-0.15, -0.1) is 22.7 Å². The number of hydrogen-bond acceptors (Lipinski definition) is 5. The van der Waals surface area contributed by atoms with Crippen molar-refractivity contribution in [2.75, 3.05) is 7.11 Å². The number of methoxy groups -OCH3 is 1. The Labute approximate surface area is 108 Å². The van der Waals surface area contributed by atoms with Crippen molar-refractivity contribution in [1.29, 1.82) is 0 Å². The average Bonchev–Trinajstić information content (AvgIpc) is 2.98. The summed E-state index contributed by atoms with van der Waals surface area (Å²) < 4.78 is 4.60. The van der Waals surface area contributed by atoms with E-state index in [2.05, 4.69) is 21.2 Å². The molecular formula is C12H13NO2S2. The van der Waals surface area contributed by atoms with Crippen molar-refractivity contribution >= 4 is 28.6 Å². The van der Waals surface area contributed by atoms with Crippen molar-refractivity contribution in [3.05, 3.63) is 38.5 Å². The summed E-state index contributed by atoms with van der Waals surface area (Å²) in [6.07, 6.45) is 1.95. The molecule has 0 bridgehead atoms. The summed E-state index contributed by atoms with van der Waals surface area (Å²) in [5.74, 6) is -0.183. The molecule has 2 aromatic rings. The lowest BCUT2D eigenvalue weighted by Gasteiger charge is -1.96. The molecule has 2 aromatic heterocycles. The topological polar surface area (TPSA) is 39.2 Å². The van der Waals surface area contributed by atoms with Crippen LogP contribution in [0.25, 0.3) is 0 Å². The summed E-state index contributed by atoms with van der Waals surface area (Å²) in [4.78, 5) is 16.8. The third-order valence-corrected chi connectivity index (χ3v) is 4.09. The molecule has 17 heavy (non-hydrogen) atoms. The maximum atomic E-state index is 11.0. The van der Waals surface area contributed by atoms with Gasteiger partial charge in [0.2, 0.25) is 0 Å². The number of aryl methyl sites for hydroxylation is 1. The van der Waals surface area contributed by atoms with Crippen LogP contribution in [0.5, 0.6) is 0 Å². The van der Waals surface area contributed by atoms with Gasteiger partial charge in [-0.2, -0.15) is 0 Å². The molecule has 90 valence electrons. The minimum Gasteiger partial charge on any atom is -0.469 e. The van der Waals surface area contributed by atoms with E-state index in [0.717, 1.165) is 17.1 Å². The van der Waals surface area contributed by atoms with Gasteiger partial charge in [0, 0.05) is 23.1 Å². The first-order chi connectivity index (χ1) is 8.28. The third-order valence-electron chi connectivity index (χ3n) is 2.32. The summed E-state index contributed by atoms with van der Waals surface area (Å²) in [6.45, 7) is 0. The Balaban J connectivity index is 1.90. The molecule has 0 N–H and O–H groups in total. The highest BCUT2D eigenvalue weighted by molar-refractivity contribution is 7.11. The maximum absolute atomic E-state index is 11.0. The van der Waals surface area contributed by atoms with Gasteiger partial charge in [-0.1, -0.05) is 6.07 Å². The number of aromatic nitrogens is 1. The second kappa shape index (κ2) is 5.93. The van der Waals surface area contributed by atoms with E-state index in [1.54, 1.807) is 22.7 Å². The lowest BCUT2D eigenvalue weighted by Crippen LogP contribution is -2.02. The number of ether oxygens (including phenoxy) is 1. The van der Waals surface area contributed by atoms with Gasteiger partial charge in [0.15, 0.2) is 0 Å². The quantitative estimate of drug-likeness (QED) is 0.782. The summed E-state index contributed by atoms with van der Waals surface area (Å²) in [5, 5.41) is 5.19. The Morgan fingerprint density at radius 2 is 2.35 bits per heavy atom. The number of rotatable bonds is 5. The maximum Gasteiger partial charge on any atom is 0.305 e. The molecule has 0 radical (unpaired) electrons. The molecule has 5 heteroatoms. The average molecular weight is 267 g/mol. The zero-order chi connectivity index (χ0) is 12.1. The normalized spacial score (nSPS) is 10.4. The summed E-state index contributed by atoms with van der Waals surface area (Å²) in [6, 6.07) is 4.16. The van der Waals surface area contributed by atoms with E-state index in [4.69, 9.17) is 0 Å². The van der Waals surface area contributed by atoms with Crippen LogP contribution in [0.15, 0.2) is 22.9 Å². The number of carbonyl (C=O) groups is 1. The van der Waals surface area contributed by atoms with Crippen molar-refractivity contribution in [2.24, 2.45) is 0 Å². The summed E-state index contributed by atoms with van der Waals surface area (Å²) >= 11 is 3.39. The van der Waals surface area contributed by atoms with Gasteiger partial charge in [-0.25, -0.2) is 4.98 Å². The smallest absolute Gasteiger partial charge is 0.305 e. The van der Waals surface area contributed by atoms with Crippen molar-refractivity contribution in [1.82, 2.24) is 4.98 Å². The van der Waals surface area contributed by atoms with Gasteiger partial charge in [0.25, 0.3) is 0 Å². The zero-order valence-electron chi connectivity index (χ0n) is 9.51.